The molecule has 0 saturated carbocycles. The Hall–Kier alpha value is -2.61. The van der Waals surface area contributed by atoms with Crippen molar-refractivity contribution in [1.82, 2.24) is 9.78 Å². The maximum absolute atomic E-state index is 12.2. The second kappa shape index (κ2) is 6.48. The average Bonchev–Trinajstić information content (AvgIpc) is 3.15. The quantitative estimate of drug-likeness (QED) is 0.929. The van der Waals surface area contributed by atoms with Crippen LogP contribution in [0.4, 0.5) is 5.82 Å². The SMILES string of the molecule is CCC1C(=O)N=C(n2nc(-c3cccs3)cc2NC(C)=O)N=C1C. The zero-order valence-corrected chi connectivity index (χ0v) is 14.4. The number of nitrogens with zero attached hydrogens (tertiary/aromatic N) is 4. The van der Waals surface area contributed by atoms with Gasteiger partial charge in [-0.3, -0.25) is 9.59 Å². The average molecular weight is 343 g/mol. The van der Waals surface area contributed by atoms with E-state index in [1.807, 2.05) is 31.4 Å². The van der Waals surface area contributed by atoms with Crippen LogP contribution >= 0.6 is 11.3 Å². The molecule has 1 unspecified atom stereocenters. The summed E-state index contributed by atoms with van der Waals surface area (Å²) in [5.41, 5.74) is 1.39. The summed E-state index contributed by atoms with van der Waals surface area (Å²) in [6, 6.07) is 5.61. The summed E-state index contributed by atoms with van der Waals surface area (Å²) in [5.74, 6) is -0.145. The molecule has 0 aromatic carbocycles. The third-order valence-electron chi connectivity index (χ3n) is 3.67. The molecule has 0 bridgehead atoms. The van der Waals surface area contributed by atoms with E-state index in [1.165, 1.54) is 22.9 Å². The Morgan fingerprint density at radius 2 is 2.21 bits per heavy atom. The van der Waals surface area contributed by atoms with Gasteiger partial charge >= 0.3 is 0 Å². The van der Waals surface area contributed by atoms with Crippen molar-refractivity contribution in [2.24, 2.45) is 15.9 Å². The first kappa shape index (κ1) is 16.3. The fourth-order valence-electron chi connectivity index (χ4n) is 2.53. The highest BCUT2D eigenvalue weighted by atomic mass is 32.1. The van der Waals surface area contributed by atoms with Crippen molar-refractivity contribution in [1.29, 1.82) is 0 Å². The van der Waals surface area contributed by atoms with Crippen LogP contribution in [0.15, 0.2) is 33.6 Å². The van der Waals surface area contributed by atoms with E-state index in [-0.39, 0.29) is 23.7 Å². The molecular weight excluding hydrogens is 326 g/mol. The van der Waals surface area contributed by atoms with Gasteiger partial charge < -0.3 is 5.32 Å². The van der Waals surface area contributed by atoms with E-state index < -0.39 is 0 Å². The maximum Gasteiger partial charge on any atom is 0.257 e. The molecule has 2 aromatic rings. The number of amides is 2. The molecule has 24 heavy (non-hydrogen) atoms. The van der Waals surface area contributed by atoms with E-state index in [0.29, 0.717) is 23.6 Å². The number of nitrogens with one attached hydrogen (secondary N) is 1. The lowest BCUT2D eigenvalue weighted by Crippen LogP contribution is -2.30. The summed E-state index contributed by atoms with van der Waals surface area (Å²) in [7, 11) is 0. The maximum atomic E-state index is 12.2. The second-order valence-corrected chi connectivity index (χ2v) is 6.40. The van der Waals surface area contributed by atoms with Gasteiger partial charge in [0.2, 0.25) is 5.91 Å². The number of thiophene rings is 1. The molecule has 0 spiro atoms. The molecule has 0 saturated heterocycles. The monoisotopic (exact) mass is 343 g/mol. The molecule has 1 aliphatic heterocycles. The minimum atomic E-state index is -0.287. The summed E-state index contributed by atoms with van der Waals surface area (Å²) in [4.78, 5) is 33.1. The molecule has 2 amide bonds. The van der Waals surface area contributed by atoms with Crippen molar-refractivity contribution in [3.63, 3.8) is 0 Å². The third kappa shape index (κ3) is 3.05. The van der Waals surface area contributed by atoms with E-state index in [1.54, 1.807) is 6.07 Å². The molecule has 1 aliphatic rings. The molecule has 3 rings (SSSR count). The number of hydrogen-bond donors (Lipinski definition) is 1. The molecule has 0 radical (unpaired) electrons. The molecule has 1 N–H and O–H groups in total. The van der Waals surface area contributed by atoms with Crippen LogP contribution in [0.25, 0.3) is 10.6 Å². The lowest BCUT2D eigenvalue weighted by Gasteiger charge is -2.17. The van der Waals surface area contributed by atoms with Crippen molar-refractivity contribution in [3.8, 4) is 10.6 Å². The van der Waals surface area contributed by atoms with Gasteiger partial charge in [-0.25, -0.2) is 4.99 Å². The first-order valence-corrected chi connectivity index (χ1v) is 8.47. The number of hydrogen-bond acceptors (Lipinski definition) is 5. The predicted octanol–water partition coefficient (Wildman–Crippen LogP) is 2.80. The minimum Gasteiger partial charge on any atom is -0.311 e. The van der Waals surface area contributed by atoms with Crippen LogP contribution in [0.2, 0.25) is 0 Å². The smallest absolute Gasteiger partial charge is 0.257 e. The molecule has 124 valence electrons. The van der Waals surface area contributed by atoms with E-state index in [4.69, 9.17) is 0 Å². The summed E-state index contributed by atoms with van der Waals surface area (Å²) in [6.07, 6.45) is 0.656. The Morgan fingerprint density at radius 1 is 1.42 bits per heavy atom. The summed E-state index contributed by atoms with van der Waals surface area (Å²) in [6.45, 7) is 5.15. The summed E-state index contributed by atoms with van der Waals surface area (Å²) < 4.78 is 1.41. The van der Waals surface area contributed by atoms with Gasteiger partial charge in [-0.15, -0.1) is 11.3 Å². The topological polar surface area (TPSA) is 88.7 Å². The molecule has 8 heteroatoms. The van der Waals surface area contributed by atoms with Crippen LogP contribution in [-0.4, -0.2) is 33.3 Å². The lowest BCUT2D eigenvalue weighted by molar-refractivity contribution is -0.119. The van der Waals surface area contributed by atoms with Crippen LogP contribution in [0.5, 0.6) is 0 Å². The van der Waals surface area contributed by atoms with E-state index in [0.717, 1.165) is 4.88 Å². The molecule has 3 heterocycles. The predicted molar refractivity (Wildman–Crippen MR) is 94.6 cm³/mol. The Bertz CT molecular complexity index is 848. The van der Waals surface area contributed by atoms with Crippen molar-refractivity contribution < 1.29 is 9.59 Å². The van der Waals surface area contributed by atoms with Crippen LogP contribution in [0.3, 0.4) is 0 Å². The van der Waals surface area contributed by atoms with Crippen molar-refractivity contribution in [2.75, 3.05) is 5.32 Å². The first-order valence-electron chi connectivity index (χ1n) is 7.59. The van der Waals surface area contributed by atoms with Crippen molar-refractivity contribution in [3.05, 3.63) is 23.6 Å². The number of rotatable bonds is 3. The van der Waals surface area contributed by atoms with Gasteiger partial charge in [-0.1, -0.05) is 13.0 Å². The largest absolute Gasteiger partial charge is 0.311 e. The van der Waals surface area contributed by atoms with Crippen molar-refractivity contribution >= 4 is 40.6 Å². The number of aliphatic imine (C=N–C) groups is 2. The van der Waals surface area contributed by atoms with Gasteiger partial charge in [-0.05, 0) is 24.8 Å². The normalized spacial score (nSPS) is 17.5. The number of aromatic nitrogens is 2. The Kier molecular flexibility index (Phi) is 4.39. The van der Waals surface area contributed by atoms with E-state index >= 15 is 0 Å². The number of carbonyl (C=O) groups is 2. The molecular formula is C16H17N5O2S. The first-order chi connectivity index (χ1) is 11.5. The van der Waals surface area contributed by atoms with Crippen LogP contribution in [0.1, 0.15) is 27.2 Å². The second-order valence-electron chi connectivity index (χ2n) is 5.45. The molecule has 0 aliphatic carbocycles. The number of carbonyl (C=O) groups excluding carboxylic acids is 2. The van der Waals surface area contributed by atoms with Crippen LogP contribution < -0.4 is 5.32 Å². The Balaban J connectivity index is 2.06. The van der Waals surface area contributed by atoms with Crippen LogP contribution in [0, 0.1) is 5.92 Å². The van der Waals surface area contributed by atoms with Crippen LogP contribution in [-0.2, 0) is 9.59 Å². The number of anilines is 1. The van der Waals surface area contributed by atoms with Gasteiger partial charge in [0.15, 0.2) is 0 Å². The fraction of sp³-hybridized carbons (Fsp3) is 0.312. The molecule has 0 fully saturated rings. The fourth-order valence-corrected chi connectivity index (χ4v) is 3.21. The van der Waals surface area contributed by atoms with Gasteiger partial charge in [0.25, 0.3) is 11.9 Å². The Morgan fingerprint density at radius 3 is 2.79 bits per heavy atom. The standard InChI is InChI=1S/C16H17N5O2S/c1-4-11-9(2)17-16(19-15(11)23)21-14(18-10(3)22)8-12(20-21)13-6-5-7-24-13/h5-8,11H,4H2,1-3H3,(H,18,22). The highest BCUT2D eigenvalue weighted by Crippen LogP contribution is 2.27. The van der Waals surface area contributed by atoms with Gasteiger partial charge in [0.1, 0.15) is 11.5 Å². The van der Waals surface area contributed by atoms with E-state index in [9.17, 15) is 9.59 Å². The van der Waals surface area contributed by atoms with E-state index in [2.05, 4.69) is 20.4 Å². The highest BCUT2D eigenvalue weighted by molar-refractivity contribution is 7.13. The van der Waals surface area contributed by atoms with Gasteiger partial charge in [0, 0.05) is 18.7 Å². The van der Waals surface area contributed by atoms with Gasteiger partial charge in [0.05, 0.1) is 10.8 Å². The zero-order chi connectivity index (χ0) is 17.3. The molecule has 7 nitrogen and oxygen atoms in total. The molecule has 1 atom stereocenters. The summed E-state index contributed by atoms with van der Waals surface area (Å²) >= 11 is 1.54. The Labute approximate surface area is 143 Å². The highest BCUT2D eigenvalue weighted by Gasteiger charge is 2.26. The minimum absolute atomic E-state index is 0.175. The zero-order valence-electron chi connectivity index (χ0n) is 13.6. The third-order valence-corrected chi connectivity index (χ3v) is 4.57. The molecule has 2 aromatic heterocycles. The lowest BCUT2D eigenvalue weighted by atomic mass is 10.00. The van der Waals surface area contributed by atoms with Crippen molar-refractivity contribution in [2.45, 2.75) is 27.2 Å². The van der Waals surface area contributed by atoms with Gasteiger partial charge in [-0.2, -0.15) is 14.8 Å². The summed E-state index contributed by atoms with van der Waals surface area (Å²) in [5, 5.41) is 9.13.